The van der Waals surface area contributed by atoms with Gasteiger partial charge in [-0.25, -0.2) is 4.79 Å². The maximum absolute atomic E-state index is 12.0. The second-order valence-corrected chi connectivity index (χ2v) is 4.51. The van der Waals surface area contributed by atoms with E-state index in [-0.39, 0.29) is 12.8 Å². The first-order chi connectivity index (χ1) is 10.0. The Balaban J connectivity index is 2.20. The lowest BCUT2D eigenvalue weighted by Crippen LogP contribution is -2.33. The largest absolute Gasteiger partial charge is 0.346 e. The van der Waals surface area contributed by atoms with Crippen LogP contribution in [-0.4, -0.2) is 22.8 Å². The highest BCUT2D eigenvalue weighted by Gasteiger charge is 2.35. The van der Waals surface area contributed by atoms with Crippen molar-refractivity contribution in [1.29, 1.82) is 0 Å². The van der Waals surface area contributed by atoms with E-state index in [0.29, 0.717) is 10.6 Å². The van der Waals surface area contributed by atoms with Crippen molar-refractivity contribution in [2.45, 2.75) is 25.8 Å². The van der Waals surface area contributed by atoms with Crippen LogP contribution >= 0.6 is 0 Å². The summed E-state index contributed by atoms with van der Waals surface area (Å²) in [6.45, 7) is 1.87. The van der Waals surface area contributed by atoms with Gasteiger partial charge in [0.15, 0.2) is 6.04 Å². The summed E-state index contributed by atoms with van der Waals surface area (Å²) >= 11 is 0. The first-order valence-electron chi connectivity index (χ1n) is 6.21. The van der Waals surface area contributed by atoms with Gasteiger partial charge in [0.2, 0.25) is 0 Å². The van der Waals surface area contributed by atoms with Crippen molar-refractivity contribution in [2.24, 2.45) is 5.11 Å². The standard InChI is InChI=1S/C13H12N4O4/c1-8-2-4-9(5-3-8)12(15-16-14)13(20)21-17-10(18)6-7-11(17)19/h2-5,12H,6-7H2,1H3. The van der Waals surface area contributed by atoms with Crippen LogP contribution in [0.2, 0.25) is 0 Å². The average Bonchev–Trinajstić information content (AvgIpc) is 2.77. The van der Waals surface area contributed by atoms with E-state index in [2.05, 4.69) is 10.0 Å². The lowest BCUT2D eigenvalue weighted by molar-refractivity contribution is -0.198. The molecule has 0 N–H and O–H groups in total. The number of carbonyl (C=O) groups is 3. The highest BCUT2D eigenvalue weighted by Crippen LogP contribution is 2.22. The van der Waals surface area contributed by atoms with E-state index in [9.17, 15) is 14.4 Å². The summed E-state index contributed by atoms with van der Waals surface area (Å²) in [6, 6.07) is 5.47. The Morgan fingerprint density at radius 3 is 2.38 bits per heavy atom. The summed E-state index contributed by atoms with van der Waals surface area (Å²) in [5, 5.41) is 3.80. The Morgan fingerprint density at radius 2 is 1.86 bits per heavy atom. The fraction of sp³-hybridized carbons (Fsp3) is 0.308. The van der Waals surface area contributed by atoms with Gasteiger partial charge < -0.3 is 4.84 Å². The molecule has 0 aromatic heterocycles. The van der Waals surface area contributed by atoms with Gasteiger partial charge in [0.05, 0.1) is 0 Å². The van der Waals surface area contributed by atoms with Crippen molar-refractivity contribution in [1.82, 2.24) is 5.06 Å². The van der Waals surface area contributed by atoms with Crippen LogP contribution in [0.25, 0.3) is 10.4 Å². The second-order valence-electron chi connectivity index (χ2n) is 4.51. The molecule has 108 valence electrons. The van der Waals surface area contributed by atoms with Crippen LogP contribution in [0.4, 0.5) is 0 Å². The highest BCUT2D eigenvalue weighted by molar-refractivity contribution is 6.01. The van der Waals surface area contributed by atoms with Crippen molar-refractivity contribution in [3.63, 3.8) is 0 Å². The predicted molar refractivity (Wildman–Crippen MR) is 70.2 cm³/mol. The van der Waals surface area contributed by atoms with Crippen LogP contribution in [-0.2, 0) is 19.2 Å². The van der Waals surface area contributed by atoms with Crippen LogP contribution in [0.1, 0.15) is 30.0 Å². The molecule has 0 spiro atoms. The third-order valence-corrected chi connectivity index (χ3v) is 2.97. The van der Waals surface area contributed by atoms with E-state index in [1.165, 1.54) is 0 Å². The molecular weight excluding hydrogens is 276 g/mol. The van der Waals surface area contributed by atoms with Gasteiger partial charge in [0.1, 0.15) is 0 Å². The summed E-state index contributed by atoms with van der Waals surface area (Å²) in [7, 11) is 0. The Morgan fingerprint density at radius 1 is 1.29 bits per heavy atom. The molecule has 8 heteroatoms. The van der Waals surface area contributed by atoms with E-state index in [1.807, 2.05) is 6.92 Å². The molecule has 1 unspecified atom stereocenters. The van der Waals surface area contributed by atoms with Gasteiger partial charge in [-0.05, 0) is 18.0 Å². The van der Waals surface area contributed by atoms with E-state index in [1.54, 1.807) is 24.3 Å². The maximum atomic E-state index is 12.0. The minimum Gasteiger partial charge on any atom is -0.330 e. The smallest absolute Gasteiger partial charge is 0.330 e. The fourth-order valence-electron chi connectivity index (χ4n) is 1.85. The predicted octanol–water partition coefficient (Wildman–Crippen LogP) is 1.95. The van der Waals surface area contributed by atoms with Crippen LogP contribution in [0.3, 0.4) is 0 Å². The van der Waals surface area contributed by atoms with Crippen molar-refractivity contribution < 1.29 is 19.2 Å². The van der Waals surface area contributed by atoms with E-state index < -0.39 is 23.8 Å². The van der Waals surface area contributed by atoms with E-state index >= 15 is 0 Å². The van der Waals surface area contributed by atoms with E-state index in [0.717, 1.165) is 5.56 Å². The van der Waals surface area contributed by atoms with Gasteiger partial charge in [-0.2, -0.15) is 0 Å². The van der Waals surface area contributed by atoms with Crippen molar-refractivity contribution in [3.05, 3.63) is 45.8 Å². The molecule has 8 nitrogen and oxygen atoms in total. The minimum atomic E-state index is -1.25. The SMILES string of the molecule is Cc1ccc(C(N=[N+]=[N-])C(=O)ON2C(=O)CCC2=O)cc1. The topological polar surface area (TPSA) is 112 Å². The van der Waals surface area contributed by atoms with Gasteiger partial charge in [-0.3, -0.25) is 9.59 Å². The maximum Gasteiger partial charge on any atom is 0.346 e. The van der Waals surface area contributed by atoms with Crippen molar-refractivity contribution in [2.75, 3.05) is 0 Å². The molecule has 0 bridgehead atoms. The number of carbonyl (C=O) groups excluding carboxylic acids is 3. The molecule has 1 aliphatic rings. The summed E-state index contributed by atoms with van der Waals surface area (Å²) < 4.78 is 0. The number of rotatable bonds is 4. The lowest BCUT2D eigenvalue weighted by Gasteiger charge is -2.16. The van der Waals surface area contributed by atoms with E-state index in [4.69, 9.17) is 10.4 Å². The number of amides is 2. The van der Waals surface area contributed by atoms with Crippen molar-refractivity contribution >= 4 is 17.8 Å². The monoisotopic (exact) mass is 288 g/mol. The van der Waals surface area contributed by atoms with Crippen LogP contribution < -0.4 is 0 Å². The molecule has 21 heavy (non-hydrogen) atoms. The molecule has 1 fully saturated rings. The average molecular weight is 288 g/mol. The Labute approximate surface area is 119 Å². The Bertz CT molecular complexity index is 618. The third kappa shape index (κ3) is 3.18. The zero-order valence-electron chi connectivity index (χ0n) is 11.2. The minimum absolute atomic E-state index is 0.00281. The number of imide groups is 1. The molecule has 0 radical (unpaired) electrons. The highest BCUT2D eigenvalue weighted by atomic mass is 16.7. The van der Waals surface area contributed by atoms with Gasteiger partial charge in [-0.15, -0.1) is 5.06 Å². The second kappa shape index (κ2) is 6.06. The molecule has 2 amide bonds. The molecule has 0 saturated carbocycles. The molecular formula is C13H12N4O4. The number of hydrogen-bond acceptors (Lipinski definition) is 5. The quantitative estimate of drug-likeness (QED) is 0.364. The summed E-state index contributed by atoms with van der Waals surface area (Å²) in [5.74, 6) is -2.14. The van der Waals surface area contributed by atoms with Crippen LogP contribution in [0, 0.1) is 6.92 Å². The molecule has 1 aromatic rings. The zero-order valence-corrected chi connectivity index (χ0v) is 11.2. The number of hydrogen-bond donors (Lipinski definition) is 0. The molecule has 1 heterocycles. The van der Waals surface area contributed by atoms with Crippen LogP contribution in [0.5, 0.6) is 0 Å². The first kappa shape index (κ1) is 14.5. The normalized spacial score (nSPS) is 15.6. The molecule has 1 aromatic carbocycles. The first-order valence-corrected chi connectivity index (χ1v) is 6.21. The Hall–Kier alpha value is -2.86. The number of azide groups is 1. The van der Waals surface area contributed by atoms with Gasteiger partial charge in [-0.1, -0.05) is 34.9 Å². The summed E-state index contributed by atoms with van der Waals surface area (Å²) in [4.78, 5) is 42.2. The number of hydroxylamine groups is 2. The number of benzene rings is 1. The van der Waals surface area contributed by atoms with Crippen molar-refractivity contribution in [3.8, 4) is 0 Å². The molecule has 2 rings (SSSR count). The van der Waals surface area contributed by atoms with Gasteiger partial charge in [0.25, 0.3) is 11.8 Å². The van der Waals surface area contributed by atoms with Crippen LogP contribution in [0.15, 0.2) is 29.4 Å². The van der Waals surface area contributed by atoms with Gasteiger partial charge in [0, 0.05) is 17.8 Å². The zero-order chi connectivity index (χ0) is 15.4. The Kier molecular flexibility index (Phi) is 4.20. The molecule has 0 aliphatic carbocycles. The summed E-state index contributed by atoms with van der Waals surface area (Å²) in [6.07, 6.45) is 0.00561. The number of nitrogens with zero attached hydrogens (tertiary/aromatic N) is 4. The fourth-order valence-corrected chi connectivity index (χ4v) is 1.85. The third-order valence-electron chi connectivity index (χ3n) is 2.97. The molecule has 1 saturated heterocycles. The molecule has 1 atom stereocenters. The number of aryl methyl sites for hydroxylation is 1. The van der Waals surface area contributed by atoms with Gasteiger partial charge >= 0.3 is 5.97 Å². The molecule has 1 aliphatic heterocycles. The lowest BCUT2D eigenvalue weighted by atomic mass is 10.1. The summed E-state index contributed by atoms with van der Waals surface area (Å²) in [5.41, 5.74) is 9.96.